The zero-order valence-corrected chi connectivity index (χ0v) is 14.1. The van der Waals surface area contributed by atoms with Crippen LogP contribution in [0.5, 0.6) is 0 Å². The predicted molar refractivity (Wildman–Crippen MR) is 89.9 cm³/mol. The monoisotopic (exact) mass is 321 g/mol. The Hall–Kier alpha value is -1.85. The highest BCUT2D eigenvalue weighted by Crippen LogP contribution is 2.18. The zero-order valence-electron chi connectivity index (χ0n) is 14.1. The molecule has 1 rings (SSSR count). The van der Waals surface area contributed by atoms with Gasteiger partial charge in [-0.25, -0.2) is 4.79 Å². The minimum absolute atomic E-state index is 0.245. The van der Waals surface area contributed by atoms with E-state index >= 15 is 0 Å². The summed E-state index contributed by atoms with van der Waals surface area (Å²) in [6.45, 7) is 8.81. The molecule has 0 unspecified atom stereocenters. The van der Waals surface area contributed by atoms with E-state index in [1.54, 1.807) is 26.8 Å². The second-order valence-corrected chi connectivity index (χ2v) is 6.44. The lowest BCUT2D eigenvalue weighted by Gasteiger charge is -2.35. The van der Waals surface area contributed by atoms with Crippen molar-refractivity contribution >= 4 is 6.09 Å². The van der Waals surface area contributed by atoms with Gasteiger partial charge in [0.05, 0.1) is 18.8 Å². The fourth-order valence-corrected chi connectivity index (χ4v) is 2.17. The lowest BCUT2D eigenvalue weighted by Crippen LogP contribution is -2.50. The lowest BCUT2D eigenvalue weighted by atomic mass is 10.1. The van der Waals surface area contributed by atoms with Crippen LogP contribution in [0.3, 0.4) is 0 Å². The first kappa shape index (κ1) is 19.2. The van der Waals surface area contributed by atoms with Gasteiger partial charge in [-0.2, -0.15) is 0 Å². The third-order valence-electron chi connectivity index (χ3n) is 3.26. The SMILES string of the molecule is C=CC[C@H](O)[C@@H](CO)N(Cc1ccccc1)C(=O)OC(C)(C)C. The van der Waals surface area contributed by atoms with Crippen molar-refractivity contribution in [2.75, 3.05) is 6.61 Å². The smallest absolute Gasteiger partial charge is 0.411 e. The van der Waals surface area contributed by atoms with E-state index in [0.29, 0.717) is 0 Å². The van der Waals surface area contributed by atoms with E-state index < -0.39 is 23.8 Å². The van der Waals surface area contributed by atoms with Crippen LogP contribution in [0.1, 0.15) is 32.8 Å². The average molecular weight is 321 g/mol. The minimum Gasteiger partial charge on any atom is -0.444 e. The van der Waals surface area contributed by atoms with Gasteiger partial charge in [0.1, 0.15) is 5.60 Å². The van der Waals surface area contributed by atoms with Crippen LogP contribution in [0.15, 0.2) is 43.0 Å². The number of carbonyl (C=O) groups excluding carboxylic acids is 1. The van der Waals surface area contributed by atoms with Gasteiger partial charge in [-0.3, -0.25) is 4.90 Å². The Labute approximate surface area is 138 Å². The highest BCUT2D eigenvalue weighted by atomic mass is 16.6. The van der Waals surface area contributed by atoms with Crippen molar-refractivity contribution in [2.24, 2.45) is 0 Å². The standard InChI is InChI=1S/C18H27NO4/c1-5-9-16(21)15(13-20)19(17(22)23-18(2,3)4)12-14-10-7-6-8-11-14/h5-8,10-11,15-16,20-21H,1,9,12-13H2,2-4H3/t15-,16+/m1/s1. The molecule has 0 fully saturated rings. The van der Waals surface area contributed by atoms with E-state index in [0.717, 1.165) is 5.56 Å². The number of ether oxygens (including phenoxy) is 1. The maximum atomic E-state index is 12.5. The number of rotatable bonds is 7. The summed E-state index contributed by atoms with van der Waals surface area (Å²) in [6.07, 6.45) is 0.361. The predicted octanol–water partition coefficient (Wildman–Crippen LogP) is 2.72. The minimum atomic E-state index is -0.909. The second kappa shape index (κ2) is 8.70. The van der Waals surface area contributed by atoms with Gasteiger partial charge >= 0.3 is 6.09 Å². The first-order chi connectivity index (χ1) is 10.8. The first-order valence-electron chi connectivity index (χ1n) is 7.72. The van der Waals surface area contributed by atoms with Gasteiger partial charge in [-0.1, -0.05) is 36.4 Å². The number of nitrogens with zero attached hydrogens (tertiary/aromatic N) is 1. The molecule has 128 valence electrons. The van der Waals surface area contributed by atoms with Crippen LogP contribution in [-0.2, 0) is 11.3 Å². The number of benzene rings is 1. The molecule has 0 radical (unpaired) electrons. The van der Waals surface area contributed by atoms with Crippen molar-refractivity contribution in [3.63, 3.8) is 0 Å². The lowest BCUT2D eigenvalue weighted by molar-refractivity contribution is -0.0214. The Bertz CT molecular complexity index is 495. The van der Waals surface area contributed by atoms with Crippen molar-refractivity contribution in [1.29, 1.82) is 0 Å². The van der Waals surface area contributed by atoms with Crippen LogP contribution in [-0.4, -0.2) is 45.6 Å². The number of hydrogen-bond donors (Lipinski definition) is 2. The van der Waals surface area contributed by atoms with E-state index in [1.807, 2.05) is 30.3 Å². The van der Waals surface area contributed by atoms with E-state index in [4.69, 9.17) is 4.74 Å². The molecule has 1 aromatic rings. The molecular formula is C18H27NO4. The maximum Gasteiger partial charge on any atom is 0.411 e. The fourth-order valence-electron chi connectivity index (χ4n) is 2.17. The molecule has 5 nitrogen and oxygen atoms in total. The Morgan fingerprint density at radius 3 is 2.43 bits per heavy atom. The van der Waals surface area contributed by atoms with Crippen molar-refractivity contribution in [2.45, 2.75) is 51.5 Å². The average Bonchev–Trinajstić information content (AvgIpc) is 2.46. The van der Waals surface area contributed by atoms with Crippen LogP contribution >= 0.6 is 0 Å². The molecule has 5 heteroatoms. The molecule has 0 spiro atoms. The summed E-state index contributed by atoms with van der Waals surface area (Å²) < 4.78 is 5.42. The van der Waals surface area contributed by atoms with Crippen molar-refractivity contribution in [3.05, 3.63) is 48.6 Å². The Morgan fingerprint density at radius 2 is 1.96 bits per heavy atom. The molecule has 0 heterocycles. The molecule has 1 amide bonds. The summed E-state index contributed by atoms with van der Waals surface area (Å²) in [5.41, 5.74) is 0.234. The Kier molecular flexibility index (Phi) is 7.26. The Morgan fingerprint density at radius 1 is 1.35 bits per heavy atom. The van der Waals surface area contributed by atoms with Gasteiger partial charge in [0, 0.05) is 6.54 Å². The van der Waals surface area contributed by atoms with Crippen molar-refractivity contribution < 1.29 is 19.7 Å². The van der Waals surface area contributed by atoms with Gasteiger partial charge in [0.2, 0.25) is 0 Å². The molecule has 0 aliphatic rings. The van der Waals surface area contributed by atoms with E-state index in [1.165, 1.54) is 4.90 Å². The molecule has 2 N–H and O–H groups in total. The topological polar surface area (TPSA) is 70.0 Å². The highest BCUT2D eigenvalue weighted by Gasteiger charge is 2.32. The molecule has 0 aliphatic heterocycles. The van der Waals surface area contributed by atoms with Gasteiger partial charge in [-0.05, 0) is 32.8 Å². The van der Waals surface area contributed by atoms with E-state index in [-0.39, 0.29) is 19.6 Å². The quantitative estimate of drug-likeness (QED) is 0.758. The van der Waals surface area contributed by atoms with Crippen LogP contribution in [0, 0.1) is 0 Å². The van der Waals surface area contributed by atoms with Gasteiger partial charge in [0.15, 0.2) is 0 Å². The van der Waals surface area contributed by atoms with Crippen LogP contribution < -0.4 is 0 Å². The third-order valence-corrected chi connectivity index (χ3v) is 3.26. The molecule has 23 heavy (non-hydrogen) atoms. The second-order valence-electron chi connectivity index (χ2n) is 6.44. The fraction of sp³-hybridized carbons (Fsp3) is 0.500. The van der Waals surface area contributed by atoms with E-state index in [2.05, 4.69) is 6.58 Å². The first-order valence-corrected chi connectivity index (χ1v) is 7.72. The normalized spacial score (nSPS) is 14.0. The summed E-state index contributed by atoms with van der Waals surface area (Å²) in [6, 6.07) is 8.63. The summed E-state index contributed by atoms with van der Waals surface area (Å²) >= 11 is 0. The molecule has 0 aliphatic carbocycles. The molecule has 0 bridgehead atoms. The molecule has 0 saturated carbocycles. The molecule has 2 atom stereocenters. The number of carbonyl (C=O) groups is 1. The highest BCUT2D eigenvalue weighted by molar-refractivity contribution is 5.68. The van der Waals surface area contributed by atoms with E-state index in [9.17, 15) is 15.0 Å². The molecular weight excluding hydrogens is 294 g/mol. The van der Waals surface area contributed by atoms with Gasteiger partial charge in [0.25, 0.3) is 0 Å². The number of hydrogen-bond acceptors (Lipinski definition) is 4. The summed E-state index contributed by atoms with van der Waals surface area (Å²) in [7, 11) is 0. The molecule has 0 saturated heterocycles. The van der Waals surface area contributed by atoms with Crippen molar-refractivity contribution in [3.8, 4) is 0 Å². The van der Waals surface area contributed by atoms with Crippen LogP contribution in [0.4, 0.5) is 4.79 Å². The maximum absolute atomic E-state index is 12.5. The number of aliphatic hydroxyl groups excluding tert-OH is 2. The molecule has 1 aromatic carbocycles. The largest absolute Gasteiger partial charge is 0.444 e. The summed E-state index contributed by atoms with van der Waals surface area (Å²) in [5, 5.41) is 19.9. The zero-order chi connectivity index (χ0) is 17.5. The van der Waals surface area contributed by atoms with Gasteiger partial charge < -0.3 is 14.9 Å². The van der Waals surface area contributed by atoms with Crippen LogP contribution in [0.2, 0.25) is 0 Å². The van der Waals surface area contributed by atoms with Crippen LogP contribution in [0.25, 0.3) is 0 Å². The number of amides is 1. The summed E-state index contributed by atoms with van der Waals surface area (Å²) in [4.78, 5) is 13.9. The number of aliphatic hydroxyl groups is 2. The Balaban J connectivity index is 3.03. The molecule has 0 aromatic heterocycles. The summed E-state index contributed by atoms with van der Waals surface area (Å²) in [5.74, 6) is 0. The van der Waals surface area contributed by atoms with Gasteiger partial charge in [-0.15, -0.1) is 6.58 Å². The third kappa shape index (κ3) is 6.42. The van der Waals surface area contributed by atoms with Crippen molar-refractivity contribution in [1.82, 2.24) is 4.90 Å².